The first-order valence-corrected chi connectivity index (χ1v) is 3.95. The van der Waals surface area contributed by atoms with Crippen molar-refractivity contribution in [3.8, 4) is 0 Å². The van der Waals surface area contributed by atoms with E-state index in [-0.39, 0.29) is 0 Å². The van der Waals surface area contributed by atoms with Gasteiger partial charge in [-0.3, -0.25) is 0 Å². The van der Waals surface area contributed by atoms with Crippen LogP contribution in [0.5, 0.6) is 0 Å². The van der Waals surface area contributed by atoms with Gasteiger partial charge in [0.25, 0.3) is 0 Å². The number of thiol groups is 1. The third-order valence-corrected chi connectivity index (χ3v) is 2.32. The summed E-state index contributed by atoms with van der Waals surface area (Å²) in [7, 11) is 0. The summed E-state index contributed by atoms with van der Waals surface area (Å²) in [5, 5.41) is 35.2. The Morgan fingerprint density at radius 1 is 1.42 bits per heavy atom. The topological polar surface area (TPSA) is 90.2 Å². The molecule has 1 fully saturated rings. The summed E-state index contributed by atoms with van der Waals surface area (Å²) in [6, 6.07) is 0. The van der Waals surface area contributed by atoms with Gasteiger partial charge in [0.05, 0.1) is 25.4 Å². The smallest absolute Gasteiger partial charge is 0.183 e. The van der Waals surface area contributed by atoms with E-state index in [0.29, 0.717) is 0 Å². The molecule has 0 bridgehead atoms. The van der Waals surface area contributed by atoms with Crippen LogP contribution in [-0.4, -0.2) is 56.9 Å². The van der Waals surface area contributed by atoms with Gasteiger partial charge < -0.3 is 25.2 Å². The van der Waals surface area contributed by atoms with E-state index in [0.717, 1.165) is 0 Å². The number of aliphatic hydroxyl groups is 4. The van der Waals surface area contributed by atoms with Gasteiger partial charge in [0.1, 0.15) is 6.10 Å². The highest BCUT2D eigenvalue weighted by Gasteiger charge is 2.41. The molecule has 1 unspecified atom stereocenters. The molecule has 1 saturated heterocycles. The Morgan fingerprint density at radius 2 is 2.00 bits per heavy atom. The first-order valence-electron chi connectivity index (χ1n) is 3.94. The molecule has 5 nitrogen and oxygen atoms in total. The lowest BCUT2D eigenvalue weighted by Gasteiger charge is -2.37. The van der Waals surface area contributed by atoms with Crippen molar-refractivity contribution in [2.24, 2.45) is 0 Å². The second-order valence-electron chi connectivity index (χ2n) is 2.56. The van der Waals surface area contributed by atoms with Crippen LogP contribution in [0.2, 0.25) is 0 Å². The maximum Gasteiger partial charge on any atom is 0.183 e. The fourth-order valence-corrected chi connectivity index (χ4v) is 1.30. The highest BCUT2D eigenvalue weighted by Crippen LogP contribution is 2.23. The molecule has 1 aliphatic rings. The number of hydrogen-bond acceptors (Lipinski definition) is 6. The van der Waals surface area contributed by atoms with E-state index >= 15 is 0 Å². The van der Waals surface area contributed by atoms with E-state index in [9.17, 15) is 5.11 Å². The summed E-state index contributed by atoms with van der Waals surface area (Å²) in [4.78, 5) is 0. The lowest BCUT2D eigenvalue weighted by molar-refractivity contribution is -0.248. The maximum atomic E-state index is 9.37. The summed E-state index contributed by atoms with van der Waals surface area (Å²) in [5.74, 6) is 0. The van der Waals surface area contributed by atoms with Gasteiger partial charge in [0.15, 0.2) is 6.29 Å². The number of hydrogen-bond donors (Lipinski definition) is 5. The molecule has 0 radical (unpaired) electrons. The normalized spacial score (nSPS) is 56.6. The molecule has 0 aromatic heterocycles. The zero-order valence-electron chi connectivity index (χ0n) is 7.16. The van der Waals surface area contributed by atoms with Crippen LogP contribution < -0.4 is 0 Å². The quantitative estimate of drug-likeness (QED) is 0.305. The fourth-order valence-electron chi connectivity index (χ4n) is 0.982. The van der Waals surface area contributed by atoms with Gasteiger partial charge in [0.2, 0.25) is 0 Å². The zero-order chi connectivity index (χ0) is 10.2. The lowest BCUT2D eigenvalue weighted by atomic mass is 10.0. The molecule has 1 aliphatic heterocycles. The molecule has 4 N–H and O–H groups in total. The number of ether oxygens (including phenoxy) is 1. The van der Waals surface area contributed by atoms with Crippen molar-refractivity contribution in [2.45, 2.75) is 29.8 Å². The summed E-state index contributed by atoms with van der Waals surface area (Å²) < 4.78 is 12.0. The molecule has 6 heteroatoms. The molecular weight excluding hydrogens is 184 g/mol. The largest absolute Gasteiger partial charge is 0.394 e. The molecule has 0 aromatic rings. The Morgan fingerprint density at radius 3 is 2.50 bits per heavy atom. The van der Waals surface area contributed by atoms with E-state index in [1.165, 1.54) is 0 Å². The van der Waals surface area contributed by atoms with Gasteiger partial charge in [-0.1, -0.05) is 0 Å². The third-order valence-electron chi connectivity index (χ3n) is 1.72. The van der Waals surface area contributed by atoms with Crippen LogP contribution in [0.15, 0.2) is 0 Å². The minimum atomic E-state index is -2.33. The predicted octanol–water partition coefficient (Wildman–Crippen LogP) is -2.28. The van der Waals surface area contributed by atoms with Crippen LogP contribution in [0.3, 0.4) is 0 Å². The van der Waals surface area contributed by atoms with Crippen molar-refractivity contribution >= 4 is 12.6 Å². The van der Waals surface area contributed by atoms with Gasteiger partial charge in [0, 0.05) is 0 Å². The molecule has 1 heterocycles. The average Bonchev–Trinajstić information content (AvgIpc) is 2.09. The van der Waals surface area contributed by atoms with E-state index in [1.807, 2.05) is 0 Å². The van der Waals surface area contributed by atoms with Crippen molar-refractivity contribution in [1.29, 1.82) is 0 Å². The summed E-state index contributed by atoms with van der Waals surface area (Å²) in [6.07, 6.45) is -6.72. The van der Waals surface area contributed by atoms with Crippen LogP contribution in [0, 0.1) is 0 Å². The van der Waals surface area contributed by atoms with Crippen molar-refractivity contribution in [1.82, 2.24) is 0 Å². The highest BCUT2D eigenvalue weighted by molar-refractivity contribution is 7.81. The van der Waals surface area contributed by atoms with E-state index in [4.69, 9.17) is 21.4 Å². The minimum Gasteiger partial charge on any atom is -0.394 e. The van der Waals surface area contributed by atoms with Crippen molar-refractivity contribution in [3.05, 3.63) is 0 Å². The molecule has 72 valence electrons. The van der Waals surface area contributed by atoms with Gasteiger partial charge >= 0.3 is 0 Å². The van der Waals surface area contributed by atoms with E-state index in [1.54, 1.807) is 0 Å². The third kappa shape index (κ3) is 1.73. The van der Waals surface area contributed by atoms with Crippen LogP contribution in [0.25, 0.3) is 0 Å². The van der Waals surface area contributed by atoms with Crippen LogP contribution >= 0.6 is 12.6 Å². The second-order valence-corrected chi connectivity index (χ2v) is 3.12. The van der Waals surface area contributed by atoms with Crippen LogP contribution in [-0.2, 0) is 4.74 Å². The molecule has 0 amide bonds. The van der Waals surface area contributed by atoms with E-state index < -0.39 is 36.4 Å². The van der Waals surface area contributed by atoms with Gasteiger partial charge in [-0.25, -0.2) is 0 Å². The average molecular weight is 197 g/mol. The number of rotatable bonds is 1. The van der Waals surface area contributed by atoms with Gasteiger partial charge in [-0.2, -0.15) is 12.6 Å². The van der Waals surface area contributed by atoms with Gasteiger partial charge in [-0.15, -0.1) is 0 Å². The molecular formula is C6H12O5S. The molecule has 0 spiro atoms. The first-order chi connectivity index (χ1) is 5.91. The van der Waals surface area contributed by atoms with Gasteiger partial charge in [-0.05, 0) is 0 Å². The second kappa shape index (κ2) is 3.91. The molecule has 5 atom stereocenters. The fraction of sp³-hybridized carbons (Fsp3) is 1.00. The van der Waals surface area contributed by atoms with E-state index in [2.05, 4.69) is 12.6 Å². The predicted molar refractivity (Wildman–Crippen MR) is 42.8 cm³/mol. The lowest BCUT2D eigenvalue weighted by Crippen LogP contribution is -2.56. The number of aliphatic hydroxyl groups excluding tert-OH is 3. The minimum absolute atomic E-state index is 0.487. The molecule has 0 saturated carbocycles. The molecule has 0 aromatic carbocycles. The Kier molecular flexibility index (Phi) is 2.84. The zero-order valence-corrected chi connectivity index (χ0v) is 7.06. The standard InChI is InChI=1S/C6H12O5S/c7-1-2-5(12)3(8)4(9)6(10)11-2/h2-10,12H,1H2/t2-,3-,4-,5+,6?/m1/s1/i3D. The first kappa shape index (κ1) is 8.74. The summed E-state index contributed by atoms with van der Waals surface area (Å²) in [6.45, 7) is -0.487. The molecule has 12 heavy (non-hydrogen) atoms. The Balaban J connectivity index is 2.82. The monoisotopic (exact) mass is 197 g/mol. The molecule has 1 rings (SSSR count). The SMILES string of the molecule is [2H][C@@]1(O)[C@@H](O)C(O)O[C@H](CO)[C@@H]1S. The van der Waals surface area contributed by atoms with Crippen LogP contribution in [0.4, 0.5) is 0 Å². The highest BCUT2D eigenvalue weighted by atomic mass is 32.1. The maximum absolute atomic E-state index is 9.37. The molecule has 0 aliphatic carbocycles. The van der Waals surface area contributed by atoms with Crippen molar-refractivity contribution < 1.29 is 26.5 Å². The Labute approximate surface area is 76.4 Å². The van der Waals surface area contributed by atoms with Crippen molar-refractivity contribution in [2.75, 3.05) is 6.61 Å². The van der Waals surface area contributed by atoms with Crippen LogP contribution in [0.1, 0.15) is 1.37 Å². The summed E-state index contributed by atoms with van der Waals surface area (Å²) in [5.41, 5.74) is 0. The Bertz CT molecular complexity index is 190. The summed E-state index contributed by atoms with van der Waals surface area (Å²) >= 11 is 3.82. The van der Waals surface area contributed by atoms with Crippen molar-refractivity contribution in [3.63, 3.8) is 0 Å². The Hall–Kier alpha value is 0.150.